The van der Waals surface area contributed by atoms with Crippen LogP contribution in [0.4, 0.5) is 18.9 Å². The van der Waals surface area contributed by atoms with Gasteiger partial charge in [-0.3, -0.25) is 14.3 Å². The second-order valence-corrected chi connectivity index (χ2v) is 6.47. The summed E-state index contributed by atoms with van der Waals surface area (Å²) in [6.07, 6.45) is -3.49. The van der Waals surface area contributed by atoms with Crippen molar-refractivity contribution in [2.75, 3.05) is 18.9 Å². The lowest BCUT2D eigenvalue weighted by atomic mass is 10.1. The first kappa shape index (κ1) is 20.5. The first-order valence-corrected chi connectivity index (χ1v) is 8.19. The van der Waals surface area contributed by atoms with Gasteiger partial charge >= 0.3 is 6.18 Å². The van der Waals surface area contributed by atoms with Crippen LogP contribution in [0.3, 0.4) is 0 Å². The number of alkyl halides is 3. The average Bonchev–Trinajstić information content (AvgIpc) is 2.99. The van der Waals surface area contributed by atoms with Crippen LogP contribution < -0.4 is 5.32 Å². The van der Waals surface area contributed by atoms with Gasteiger partial charge in [0.05, 0.1) is 6.54 Å². The molecule has 0 saturated carbocycles. The molecule has 0 radical (unpaired) electrons. The molecule has 9 heteroatoms. The zero-order valence-corrected chi connectivity index (χ0v) is 15.5. The Hall–Kier alpha value is -2.84. The maximum atomic E-state index is 12.5. The molecule has 6 nitrogen and oxygen atoms in total. The molecule has 0 aliphatic rings. The van der Waals surface area contributed by atoms with Gasteiger partial charge in [0.25, 0.3) is 0 Å². The van der Waals surface area contributed by atoms with E-state index in [0.717, 1.165) is 38.5 Å². The number of carbonyl (C=O) groups excluding carboxylic acids is 2. The normalized spacial score (nSPS) is 11.4. The number of hydrogen-bond acceptors (Lipinski definition) is 3. The Morgan fingerprint density at radius 1 is 1.19 bits per heavy atom. The van der Waals surface area contributed by atoms with E-state index in [1.165, 1.54) is 7.05 Å². The van der Waals surface area contributed by atoms with Crippen LogP contribution in [0.5, 0.6) is 0 Å². The molecule has 1 heterocycles. The largest absolute Gasteiger partial charge is 0.435 e. The van der Waals surface area contributed by atoms with Crippen LogP contribution in [0.1, 0.15) is 22.4 Å². The number of halogens is 3. The van der Waals surface area contributed by atoms with Crippen molar-refractivity contribution in [3.05, 3.63) is 46.8 Å². The number of hydrogen-bond donors (Lipinski definition) is 1. The van der Waals surface area contributed by atoms with E-state index in [9.17, 15) is 22.8 Å². The van der Waals surface area contributed by atoms with Crippen LogP contribution >= 0.6 is 0 Å². The van der Waals surface area contributed by atoms with Crippen LogP contribution in [0.15, 0.2) is 24.4 Å². The lowest BCUT2D eigenvalue weighted by Gasteiger charge is -2.18. The molecule has 0 fully saturated rings. The molecule has 0 aliphatic heterocycles. The minimum absolute atomic E-state index is 0.223. The fourth-order valence-corrected chi connectivity index (χ4v) is 2.72. The van der Waals surface area contributed by atoms with Gasteiger partial charge in [-0.05, 0) is 38.0 Å². The van der Waals surface area contributed by atoms with Gasteiger partial charge in [-0.15, -0.1) is 0 Å². The molecule has 0 atom stereocenters. The average molecular weight is 382 g/mol. The van der Waals surface area contributed by atoms with Crippen molar-refractivity contribution in [1.82, 2.24) is 14.7 Å². The third kappa shape index (κ3) is 5.32. The highest BCUT2D eigenvalue weighted by molar-refractivity contribution is 5.95. The second kappa shape index (κ2) is 7.81. The number of benzene rings is 1. The number of carbonyl (C=O) groups is 2. The van der Waals surface area contributed by atoms with E-state index < -0.39 is 23.7 Å². The zero-order valence-electron chi connectivity index (χ0n) is 15.5. The summed E-state index contributed by atoms with van der Waals surface area (Å²) < 4.78 is 38.5. The topological polar surface area (TPSA) is 67.2 Å². The maximum absolute atomic E-state index is 12.5. The van der Waals surface area contributed by atoms with Gasteiger partial charge in [0.2, 0.25) is 11.8 Å². The van der Waals surface area contributed by atoms with Gasteiger partial charge in [0.1, 0.15) is 6.54 Å². The Morgan fingerprint density at radius 3 is 2.30 bits per heavy atom. The molecule has 0 bridgehead atoms. The number of aryl methyl sites for hydroxylation is 3. The van der Waals surface area contributed by atoms with Crippen molar-refractivity contribution >= 4 is 17.5 Å². The summed E-state index contributed by atoms with van der Waals surface area (Å²) >= 11 is 0. The highest BCUT2D eigenvalue weighted by Gasteiger charge is 2.33. The molecule has 0 unspecified atom stereocenters. The van der Waals surface area contributed by atoms with Crippen molar-refractivity contribution in [3.63, 3.8) is 0 Å². The Kier molecular flexibility index (Phi) is 5.92. The standard InChI is InChI=1S/C18H21F3N4O2/c1-11-7-12(2)17(13(3)8-11)22-15(26)9-24(4)16(27)10-25-6-5-14(23-25)18(19,20)21/h5-8H,9-10H2,1-4H3,(H,22,26). The summed E-state index contributed by atoms with van der Waals surface area (Å²) in [6.45, 7) is 5.10. The summed E-state index contributed by atoms with van der Waals surface area (Å²) in [5.74, 6) is -0.920. The molecule has 2 aromatic rings. The van der Waals surface area contributed by atoms with Gasteiger partial charge in [-0.2, -0.15) is 18.3 Å². The van der Waals surface area contributed by atoms with Gasteiger partial charge in [0, 0.05) is 18.9 Å². The monoisotopic (exact) mass is 382 g/mol. The summed E-state index contributed by atoms with van der Waals surface area (Å²) in [5, 5.41) is 6.10. The van der Waals surface area contributed by atoms with E-state index in [1.54, 1.807) is 0 Å². The molecule has 1 aromatic heterocycles. The van der Waals surface area contributed by atoms with Crippen molar-refractivity contribution in [1.29, 1.82) is 0 Å². The van der Waals surface area contributed by atoms with Crippen LogP contribution in [0.2, 0.25) is 0 Å². The lowest BCUT2D eigenvalue weighted by molar-refractivity contribution is -0.142. The number of rotatable bonds is 5. The Bertz CT molecular complexity index is 836. The molecule has 27 heavy (non-hydrogen) atoms. The number of nitrogens with one attached hydrogen (secondary N) is 1. The predicted octanol–water partition coefficient (Wildman–Crippen LogP) is 2.92. The van der Waals surface area contributed by atoms with Crippen LogP contribution in [-0.2, 0) is 22.3 Å². The van der Waals surface area contributed by atoms with Crippen LogP contribution in [-0.4, -0.2) is 40.1 Å². The van der Waals surface area contributed by atoms with Crippen molar-refractivity contribution in [3.8, 4) is 0 Å². The fraction of sp³-hybridized carbons (Fsp3) is 0.389. The van der Waals surface area contributed by atoms with Crippen molar-refractivity contribution < 1.29 is 22.8 Å². The van der Waals surface area contributed by atoms with E-state index in [-0.39, 0.29) is 13.1 Å². The minimum Gasteiger partial charge on any atom is -0.335 e. The third-order valence-corrected chi connectivity index (χ3v) is 3.98. The first-order chi connectivity index (χ1) is 12.5. The number of amides is 2. The van der Waals surface area contributed by atoms with Crippen molar-refractivity contribution in [2.45, 2.75) is 33.5 Å². The first-order valence-electron chi connectivity index (χ1n) is 8.19. The fourth-order valence-electron chi connectivity index (χ4n) is 2.72. The molecule has 0 aliphatic carbocycles. The molecule has 0 saturated heterocycles. The summed E-state index contributed by atoms with van der Waals surface area (Å²) in [4.78, 5) is 25.5. The third-order valence-electron chi connectivity index (χ3n) is 3.98. The molecule has 1 N–H and O–H groups in total. The van der Waals surface area contributed by atoms with Crippen LogP contribution in [0, 0.1) is 20.8 Å². The van der Waals surface area contributed by atoms with Gasteiger partial charge < -0.3 is 10.2 Å². The minimum atomic E-state index is -4.57. The molecule has 1 aromatic carbocycles. The quantitative estimate of drug-likeness (QED) is 0.865. The number of likely N-dealkylation sites (N-methyl/N-ethyl adjacent to an activating group) is 1. The van der Waals surface area contributed by atoms with E-state index in [2.05, 4.69) is 10.4 Å². The predicted molar refractivity (Wildman–Crippen MR) is 94.1 cm³/mol. The van der Waals surface area contributed by atoms with E-state index in [1.807, 2.05) is 32.9 Å². The smallest absolute Gasteiger partial charge is 0.335 e. The summed E-state index contributed by atoms with van der Waals surface area (Å²) in [7, 11) is 1.41. The Labute approximate surface area is 155 Å². The Balaban J connectivity index is 1.96. The summed E-state index contributed by atoms with van der Waals surface area (Å²) in [5.41, 5.74) is 2.51. The molecule has 2 rings (SSSR count). The van der Waals surface area contributed by atoms with Gasteiger partial charge in [-0.25, -0.2) is 0 Å². The van der Waals surface area contributed by atoms with E-state index >= 15 is 0 Å². The second-order valence-electron chi connectivity index (χ2n) is 6.47. The van der Waals surface area contributed by atoms with Crippen molar-refractivity contribution in [2.24, 2.45) is 0 Å². The molecule has 0 spiro atoms. The lowest BCUT2D eigenvalue weighted by Crippen LogP contribution is -2.37. The molecule has 2 amide bonds. The molecule has 146 valence electrons. The molecular weight excluding hydrogens is 361 g/mol. The van der Waals surface area contributed by atoms with E-state index in [4.69, 9.17) is 0 Å². The van der Waals surface area contributed by atoms with Crippen LogP contribution in [0.25, 0.3) is 0 Å². The maximum Gasteiger partial charge on any atom is 0.435 e. The number of anilines is 1. The highest BCUT2D eigenvalue weighted by Crippen LogP contribution is 2.27. The van der Waals surface area contributed by atoms with Gasteiger partial charge in [-0.1, -0.05) is 17.7 Å². The number of nitrogens with zero attached hydrogens (tertiary/aromatic N) is 3. The molecular formula is C18H21F3N4O2. The Morgan fingerprint density at radius 2 is 1.78 bits per heavy atom. The SMILES string of the molecule is Cc1cc(C)c(NC(=O)CN(C)C(=O)Cn2ccc(C(F)(F)F)n2)c(C)c1. The zero-order chi connectivity index (χ0) is 20.4. The summed E-state index contributed by atoms with van der Waals surface area (Å²) in [6, 6.07) is 4.67. The van der Waals surface area contributed by atoms with E-state index in [0.29, 0.717) is 5.69 Å². The number of aromatic nitrogens is 2. The van der Waals surface area contributed by atoms with Gasteiger partial charge in [0.15, 0.2) is 5.69 Å². The highest BCUT2D eigenvalue weighted by atomic mass is 19.4.